The summed E-state index contributed by atoms with van der Waals surface area (Å²) in [4.78, 5) is 0. The van der Waals surface area contributed by atoms with Gasteiger partial charge in [-0.25, -0.2) is 0 Å². The number of benzene rings is 1. The number of hydrogen-bond acceptors (Lipinski definition) is 2. The summed E-state index contributed by atoms with van der Waals surface area (Å²) in [5, 5.41) is 1.12. The molecule has 0 saturated carbocycles. The Hall–Kier alpha value is -0.280. The van der Waals surface area contributed by atoms with Crippen LogP contribution in [0.5, 0.6) is 0 Å². The smallest absolute Gasteiger partial charge is 0.0776 e. The Bertz CT molecular complexity index is 366. The summed E-state index contributed by atoms with van der Waals surface area (Å²) in [5.74, 6) is 0. The molecule has 1 atom stereocenters. The van der Waals surface area contributed by atoms with E-state index in [0.717, 1.165) is 5.56 Å². The number of ether oxygens (including phenoxy) is 1. The molecule has 0 aliphatic rings. The average Bonchev–Trinajstić information content (AvgIpc) is 2.23. The molecule has 1 rings (SSSR count). The number of hydrogen-bond donors (Lipinski definition) is 1. The third kappa shape index (κ3) is 3.36. The largest absolute Gasteiger partial charge is 0.377 e. The second-order valence-electron chi connectivity index (χ2n) is 4.37. The average molecular weight is 262 g/mol. The van der Waals surface area contributed by atoms with Crippen molar-refractivity contribution in [1.82, 2.24) is 0 Å². The molecule has 0 spiro atoms. The standard InChI is InChI=1S/C12H17Cl2NO/c1-12(2,16-3)11(15)7-8-4-5-9(13)10(14)6-8/h4-6,11H,7,15H2,1-3H3. The minimum Gasteiger partial charge on any atom is -0.377 e. The monoisotopic (exact) mass is 261 g/mol. The van der Waals surface area contributed by atoms with E-state index in [0.29, 0.717) is 16.5 Å². The van der Waals surface area contributed by atoms with Crippen molar-refractivity contribution in [2.24, 2.45) is 5.73 Å². The van der Waals surface area contributed by atoms with Crippen LogP contribution in [-0.4, -0.2) is 18.8 Å². The predicted octanol–water partition coefficient (Wildman–Crippen LogP) is 3.29. The fourth-order valence-corrected chi connectivity index (χ4v) is 1.64. The highest BCUT2D eigenvalue weighted by atomic mass is 35.5. The normalized spacial score (nSPS) is 13.9. The fourth-order valence-electron chi connectivity index (χ4n) is 1.32. The van der Waals surface area contributed by atoms with Gasteiger partial charge in [-0.2, -0.15) is 0 Å². The van der Waals surface area contributed by atoms with Gasteiger partial charge in [0, 0.05) is 13.2 Å². The van der Waals surface area contributed by atoms with Crippen LogP contribution in [0.3, 0.4) is 0 Å². The maximum Gasteiger partial charge on any atom is 0.0776 e. The van der Waals surface area contributed by atoms with Gasteiger partial charge in [0.15, 0.2) is 0 Å². The van der Waals surface area contributed by atoms with Crippen molar-refractivity contribution < 1.29 is 4.74 Å². The molecular formula is C12H17Cl2NO. The Morgan fingerprint density at radius 2 is 1.94 bits per heavy atom. The van der Waals surface area contributed by atoms with E-state index < -0.39 is 0 Å². The zero-order chi connectivity index (χ0) is 12.3. The second-order valence-corrected chi connectivity index (χ2v) is 5.18. The number of halogens is 2. The topological polar surface area (TPSA) is 35.2 Å². The van der Waals surface area contributed by atoms with Crippen LogP contribution < -0.4 is 5.73 Å². The van der Waals surface area contributed by atoms with E-state index in [4.69, 9.17) is 33.7 Å². The Balaban J connectivity index is 2.77. The van der Waals surface area contributed by atoms with Gasteiger partial charge in [-0.05, 0) is 38.0 Å². The predicted molar refractivity (Wildman–Crippen MR) is 69.2 cm³/mol. The van der Waals surface area contributed by atoms with E-state index in [1.165, 1.54) is 0 Å². The molecule has 4 heteroatoms. The molecule has 0 heterocycles. The van der Waals surface area contributed by atoms with Gasteiger partial charge in [-0.3, -0.25) is 0 Å². The number of methoxy groups -OCH3 is 1. The summed E-state index contributed by atoms with van der Waals surface area (Å²) in [6, 6.07) is 5.47. The molecule has 1 aromatic rings. The molecule has 16 heavy (non-hydrogen) atoms. The van der Waals surface area contributed by atoms with Gasteiger partial charge >= 0.3 is 0 Å². The molecule has 0 aromatic heterocycles. The SMILES string of the molecule is COC(C)(C)C(N)Cc1ccc(Cl)c(Cl)c1. The molecule has 0 radical (unpaired) electrons. The molecule has 0 amide bonds. The zero-order valence-corrected chi connectivity index (χ0v) is 11.3. The van der Waals surface area contributed by atoms with Crippen LogP contribution in [0.15, 0.2) is 18.2 Å². The van der Waals surface area contributed by atoms with E-state index in [-0.39, 0.29) is 11.6 Å². The lowest BCUT2D eigenvalue weighted by Crippen LogP contribution is -2.46. The maximum absolute atomic E-state index is 6.08. The molecule has 0 aliphatic heterocycles. The molecule has 0 saturated heterocycles. The Morgan fingerprint density at radius 3 is 2.44 bits per heavy atom. The molecule has 1 unspecified atom stereocenters. The second kappa shape index (κ2) is 5.37. The van der Waals surface area contributed by atoms with Crippen molar-refractivity contribution in [3.63, 3.8) is 0 Å². The minimum atomic E-state index is -0.355. The molecule has 0 bridgehead atoms. The van der Waals surface area contributed by atoms with Gasteiger partial charge in [0.25, 0.3) is 0 Å². The van der Waals surface area contributed by atoms with Gasteiger partial charge in [0.05, 0.1) is 15.6 Å². The van der Waals surface area contributed by atoms with E-state index in [1.807, 2.05) is 26.0 Å². The number of rotatable bonds is 4. The minimum absolute atomic E-state index is 0.0882. The summed E-state index contributed by atoms with van der Waals surface area (Å²) in [6.07, 6.45) is 0.706. The van der Waals surface area contributed by atoms with Crippen molar-refractivity contribution in [1.29, 1.82) is 0 Å². The van der Waals surface area contributed by atoms with Crippen LogP contribution >= 0.6 is 23.2 Å². The first-order valence-electron chi connectivity index (χ1n) is 5.11. The fraction of sp³-hybridized carbons (Fsp3) is 0.500. The Labute approximate surface area is 107 Å². The maximum atomic E-state index is 6.08. The third-order valence-electron chi connectivity index (χ3n) is 2.86. The highest BCUT2D eigenvalue weighted by Gasteiger charge is 2.25. The highest BCUT2D eigenvalue weighted by Crippen LogP contribution is 2.24. The Kier molecular flexibility index (Phi) is 4.62. The lowest BCUT2D eigenvalue weighted by molar-refractivity contribution is 0.000806. The zero-order valence-electron chi connectivity index (χ0n) is 9.76. The molecule has 2 N–H and O–H groups in total. The first-order chi connectivity index (χ1) is 7.36. The Morgan fingerprint density at radius 1 is 1.31 bits per heavy atom. The summed E-state index contributed by atoms with van der Waals surface area (Å²) in [7, 11) is 1.66. The van der Waals surface area contributed by atoms with Crippen LogP contribution in [0.2, 0.25) is 10.0 Å². The molecular weight excluding hydrogens is 245 g/mol. The number of nitrogens with two attached hydrogens (primary N) is 1. The van der Waals surface area contributed by atoms with Crippen LogP contribution in [-0.2, 0) is 11.2 Å². The van der Waals surface area contributed by atoms with Gasteiger partial charge in [-0.1, -0.05) is 29.3 Å². The van der Waals surface area contributed by atoms with Gasteiger partial charge in [-0.15, -0.1) is 0 Å². The first-order valence-corrected chi connectivity index (χ1v) is 5.87. The molecule has 1 aromatic carbocycles. The van der Waals surface area contributed by atoms with Crippen molar-refractivity contribution in [2.45, 2.75) is 31.9 Å². The van der Waals surface area contributed by atoms with Crippen molar-refractivity contribution >= 4 is 23.2 Å². The third-order valence-corrected chi connectivity index (χ3v) is 3.60. The van der Waals surface area contributed by atoms with E-state index >= 15 is 0 Å². The van der Waals surface area contributed by atoms with Gasteiger partial charge in [0.2, 0.25) is 0 Å². The van der Waals surface area contributed by atoms with Crippen molar-refractivity contribution in [2.75, 3.05) is 7.11 Å². The van der Waals surface area contributed by atoms with Crippen LogP contribution in [0.1, 0.15) is 19.4 Å². The van der Waals surface area contributed by atoms with Gasteiger partial charge in [0.1, 0.15) is 0 Å². The van der Waals surface area contributed by atoms with E-state index in [1.54, 1.807) is 13.2 Å². The molecule has 90 valence electrons. The summed E-state index contributed by atoms with van der Waals surface area (Å²) < 4.78 is 5.34. The summed E-state index contributed by atoms with van der Waals surface area (Å²) in [5.41, 5.74) is 6.79. The first kappa shape index (κ1) is 13.8. The molecule has 0 aliphatic carbocycles. The molecule has 0 fully saturated rings. The van der Waals surface area contributed by atoms with E-state index in [9.17, 15) is 0 Å². The lowest BCUT2D eigenvalue weighted by atomic mass is 9.93. The van der Waals surface area contributed by atoms with Crippen LogP contribution in [0, 0.1) is 0 Å². The van der Waals surface area contributed by atoms with E-state index in [2.05, 4.69) is 0 Å². The van der Waals surface area contributed by atoms with Crippen molar-refractivity contribution in [3.05, 3.63) is 33.8 Å². The quantitative estimate of drug-likeness (QED) is 0.903. The van der Waals surface area contributed by atoms with Crippen molar-refractivity contribution in [3.8, 4) is 0 Å². The van der Waals surface area contributed by atoms with Crippen LogP contribution in [0.25, 0.3) is 0 Å². The molecule has 2 nitrogen and oxygen atoms in total. The lowest BCUT2D eigenvalue weighted by Gasteiger charge is -2.30. The van der Waals surface area contributed by atoms with Crippen LogP contribution in [0.4, 0.5) is 0 Å². The highest BCUT2D eigenvalue weighted by molar-refractivity contribution is 6.42. The van der Waals surface area contributed by atoms with Gasteiger partial charge < -0.3 is 10.5 Å². The summed E-state index contributed by atoms with van der Waals surface area (Å²) >= 11 is 11.8. The summed E-state index contributed by atoms with van der Waals surface area (Å²) in [6.45, 7) is 3.93.